The van der Waals surface area contributed by atoms with E-state index in [1.54, 1.807) is 7.11 Å². The van der Waals surface area contributed by atoms with Gasteiger partial charge in [0, 0.05) is 38.1 Å². The first-order chi connectivity index (χ1) is 14.7. The fourth-order valence-electron chi connectivity index (χ4n) is 6.76. The van der Waals surface area contributed by atoms with Crippen LogP contribution in [0.3, 0.4) is 0 Å². The standard InChI is InChI=1S/C26H37N3O2/c1-16-27-21-15-20-18(13-22(21)28(16)5)14-23-25(2,3)26(20,4)11-12-29(23)24(30)17-7-9-19(31-6)10-8-17/h13,15,17,19,23H,7-12,14H2,1-6H3/t17?,19?,23-,26-/m0/s1. The number of likely N-dealkylation sites (tertiary alicyclic amines) is 1. The third-order valence-electron chi connectivity index (χ3n) is 9.46. The number of rotatable bonds is 2. The van der Waals surface area contributed by atoms with Gasteiger partial charge >= 0.3 is 0 Å². The van der Waals surface area contributed by atoms with Gasteiger partial charge in [-0.25, -0.2) is 4.98 Å². The van der Waals surface area contributed by atoms with E-state index < -0.39 is 0 Å². The molecular weight excluding hydrogens is 386 g/mol. The van der Waals surface area contributed by atoms with Gasteiger partial charge in [-0.15, -0.1) is 0 Å². The number of ether oxygens (including phenoxy) is 1. The molecule has 2 aromatic rings. The van der Waals surface area contributed by atoms with Crippen molar-refractivity contribution in [1.82, 2.24) is 14.5 Å². The van der Waals surface area contributed by atoms with Crippen molar-refractivity contribution in [3.05, 3.63) is 29.1 Å². The summed E-state index contributed by atoms with van der Waals surface area (Å²) < 4.78 is 7.72. The van der Waals surface area contributed by atoms with Crippen LogP contribution in [0.2, 0.25) is 0 Å². The Bertz CT molecular complexity index is 1030. The molecule has 3 aliphatic rings. The van der Waals surface area contributed by atoms with E-state index in [1.165, 1.54) is 16.6 Å². The summed E-state index contributed by atoms with van der Waals surface area (Å²) in [7, 11) is 3.89. The van der Waals surface area contributed by atoms with Gasteiger partial charge in [0.2, 0.25) is 5.91 Å². The quantitative estimate of drug-likeness (QED) is 0.713. The number of hydrogen-bond acceptors (Lipinski definition) is 3. The summed E-state index contributed by atoms with van der Waals surface area (Å²) in [5.74, 6) is 1.60. The van der Waals surface area contributed by atoms with E-state index in [9.17, 15) is 4.79 Å². The van der Waals surface area contributed by atoms with E-state index in [2.05, 4.69) is 56.3 Å². The predicted octanol–water partition coefficient (Wildman–Crippen LogP) is 4.53. The van der Waals surface area contributed by atoms with Crippen molar-refractivity contribution in [2.24, 2.45) is 18.4 Å². The number of carbonyl (C=O) groups excluding carboxylic acids is 1. The first-order valence-corrected chi connectivity index (χ1v) is 12.0. The van der Waals surface area contributed by atoms with Crippen molar-refractivity contribution in [1.29, 1.82) is 0 Å². The van der Waals surface area contributed by atoms with Crippen LogP contribution in [0.1, 0.15) is 69.8 Å². The van der Waals surface area contributed by atoms with E-state index in [1.807, 2.05) is 0 Å². The Balaban J connectivity index is 1.51. The average Bonchev–Trinajstić information content (AvgIpc) is 3.02. The van der Waals surface area contributed by atoms with Gasteiger partial charge in [-0.1, -0.05) is 20.8 Å². The van der Waals surface area contributed by atoms with Crippen LogP contribution in [-0.4, -0.2) is 46.2 Å². The molecule has 1 aromatic heterocycles. The van der Waals surface area contributed by atoms with Gasteiger partial charge in [-0.3, -0.25) is 4.79 Å². The molecule has 5 nitrogen and oxygen atoms in total. The molecule has 2 aliphatic carbocycles. The first kappa shape index (κ1) is 21.0. The highest BCUT2D eigenvalue weighted by molar-refractivity contribution is 5.81. The molecule has 1 aromatic carbocycles. The lowest BCUT2D eigenvalue weighted by Crippen LogP contribution is -2.65. The van der Waals surface area contributed by atoms with Crippen LogP contribution in [0, 0.1) is 18.3 Å². The van der Waals surface area contributed by atoms with Crippen LogP contribution in [0.5, 0.6) is 0 Å². The minimum Gasteiger partial charge on any atom is -0.381 e. The molecule has 5 heteroatoms. The maximum Gasteiger partial charge on any atom is 0.225 e. The number of aromatic nitrogens is 2. The van der Waals surface area contributed by atoms with Crippen LogP contribution < -0.4 is 0 Å². The lowest BCUT2D eigenvalue weighted by molar-refractivity contribution is -0.150. The highest BCUT2D eigenvalue weighted by atomic mass is 16.5. The zero-order chi connectivity index (χ0) is 22.1. The van der Waals surface area contributed by atoms with Crippen LogP contribution in [0.15, 0.2) is 12.1 Å². The largest absolute Gasteiger partial charge is 0.381 e. The number of benzene rings is 1. The Hall–Kier alpha value is -1.88. The number of imidazole rings is 1. The van der Waals surface area contributed by atoms with Crippen molar-refractivity contribution in [2.75, 3.05) is 13.7 Å². The van der Waals surface area contributed by atoms with Crippen molar-refractivity contribution in [2.45, 2.75) is 83.8 Å². The van der Waals surface area contributed by atoms with Crippen molar-refractivity contribution in [3.8, 4) is 0 Å². The number of nitrogens with zero attached hydrogens (tertiary/aromatic N) is 3. The highest BCUT2D eigenvalue weighted by Crippen LogP contribution is 2.56. The summed E-state index contributed by atoms with van der Waals surface area (Å²) in [4.78, 5) is 20.8. The Morgan fingerprint density at radius 3 is 2.55 bits per heavy atom. The van der Waals surface area contributed by atoms with Gasteiger partial charge in [0.05, 0.1) is 17.1 Å². The van der Waals surface area contributed by atoms with Gasteiger partial charge in [0.15, 0.2) is 0 Å². The Morgan fingerprint density at radius 1 is 1.16 bits per heavy atom. The van der Waals surface area contributed by atoms with Gasteiger partial charge in [-0.2, -0.15) is 0 Å². The zero-order valence-electron chi connectivity index (χ0n) is 20.0. The van der Waals surface area contributed by atoms with E-state index >= 15 is 0 Å². The topological polar surface area (TPSA) is 47.4 Å². The zero-order valence-corrected chi connectivity index (χ0v) is 20.0. The molecule has 1 saturated heterocycles. The van der Waals surface area contributed by atoms with Crippen LogP contribution >= 0.6 is 0 Å². The van der Waals surface area contributed by atoms with Gasteiger partial charge in [0.1, 0.15) is 5.82 Å². The number of amides is 1. The normalized spacial score (nSPS) is 32.2. The number of carbonyl (C=O) groups is 1. The maximum atomic E-state index is 13.7. The molecule has 0 N–H and O–H groups in total. The fourth-order valence-corrected chi connectivity index (χ4v) is 6.76. The summed E-state index contributed by atoms with van der Waals surface area (Å²) in [6, 6.07) is 4.94. The number of fused-ring (bicyclic) bond motifs is 5. The lowest BCUT2D eigenvalue weighted by Gasteiger charge is -2.61. The summed E-state index contributed by atoms with van der Waals surface area (Å²) in [6.45, 7) is 10.1. The molecule has 168 valence electrons. The number of methoxy groups -OCH3 is 1. The molecule has 0 unspecified atom stereocenters. The molecule has 2 fully saturated rings. The Labute approximate surface area is 186 Å². The van der Waals surface area contributed by atoms with Crippen molar-refractivity contribution >= 4 is 16.9 Å². The molecule has 1 aliphatic heterocycles. The van der Waals surface area contributed by atoms with Crippen LogP contribution in [-0.2, 0) is 28.4 Å². The summed E-state index contributed by atoms with van der Waals surface area (Å²) >= 11 is 0. The van der Waals surface area contributed by atoms with Gasteiger partial charge in [0.25, 0.3) is 0 Å². The molecule has 31 heavy (non-hydrogen) atoms. The van der Waals surface area contributed by atoms with E-state index in [-0.39, 0.29) is 22.8 Å². The highest BCUT2D eigenvalue weighted by Gasteiger charge is 2.57. The number of aryl methyl sites for hydroxylation is 2. The molecular formula is C26H37N3O2. The third-order valence-corrected chi connectivity index (χ3v) is 9.46. The first-order valence-electron chi connectivity index (χ1n) is 12.0. The molecule has 1 amide bonds. The molecule has 0 radical (unpaired) electrons. The Kier molecular flexibility index (Phi) is 4.78. The summed E-state index contributed by atoms with van der Waals surface area (Å²) in [5, 5.41) is 0. The van der Waals surface area contributed by atoms with Gasteiger partial charge < -0.3 is 14.2 Å². The second-order valence-electron chi connectivity index (χ2n) is 11.0. The minimum absolute atomic E-state index is 0.0230. The monoisotopic (exact) mass is 423 g/mol. The second kappa shape index (κ2) is 7.06. The summed E-state index contributed by atoms with van der Waals surface area (Å²) in [6.07, 6.45) is 6.22. The molecule has 5 rings (SSSR count). The van der Waals surface area contributed by atoms with Crippen molar-refractivity contribution in [3.63, 3.8) is 0 Å². The molecule has 2 heterocycles. The second-order valence-corrected chi connectivity index (χ2v) is 11.0. The number of hydrogen-bond donors (Lipinski definition) is 0. The SMILES string of the molecule is COC1CCC(C(=O)N2CC[C@@]3(C)c4cc5nc(C)n(C)c5cc4C[C@H]2C3(C)C)CC1. The maximum absolute atomic E-state index is 13.7. The average molecular weight is 424 g/mol. The Morgan fingerprint density at radius 2 is 1.87 bits per heavy atom. The van der Waals surface area contributed by atoms with Crippen LogP contribution in [0.4, 0.5) is 0 Å². The van der Waals surface area contributed by atoms with E-state index in [0.29, 0.717) is 12.0 Å². The molecule has 1 saturated carbocycles. The number of piperidine rings is 1. The van der Waals surface area contributed by atoms with E-state index in [4.69, 9.17) is 9.72 Å². The molecule has 2 bridgehead atoms. The smallest absolute Gasteiger partial charge is 0.225 e. The minimum atomic E-state index is 0.0230. The third kappa shape index (κ3) is 2.92. The van der Waals surface area contributed by atoms with Gasteiger partial charge in [-0.05, 0) is 74.1 Å². The lowest BCUT2D eigenvalue weighted by atomic mass is 9.51. The molecule has 0 spiro atoms. The predicted molar refractivity (Wildman–Crippen MR) is 123 cm³/mol. The van der Waals surface area contributed by atoms with Crippen LogP contribution in [0.25, 0.3) is 11.0 Å². The summed E-state index contributed by atoms with van der Waals surface area (Å²) in [5.41, 5.74) is 5.23. The van der Waals surface area contributed by atoms with Crippen molar-refractivity contribution < 1.29 is 9.53 Å². The van der Waals surface area contributed by atoms with E-state index in [0.717, 1.165) is 56.4 Å². The fraction of sp³-hybridized carbons (Fsp3) is 0.692. The molecule has 2 atom stereocenters.